The van der Waals surface area contributed by atoms with E-state index in [1.165, 1.54) is 24.1 Å². The predicted molar refractivity (Wildman–Crippen MR) is 120 cm³/mol. The fourth-order valence-corrected chi connectivity index (χ4v) is 4.57. The van der Waals surface area contributed by atoms with Crippen molar-refractivity contribution in [1.29, 1.82) is 0 Å². The van der Waals surface area contributed by atoms with E-state index in [1.807, 2.05) is 4.90 Å². The summed E-state index contributed by atoms with van der Waals surface area (Å²) in [6.07, 6.45) is 5.90. The molecule has 2 aromatic rings. The van der Waals surface area contributed by atoms with E-state index >= 15 is 0 Å². The Morgan fingerprint density at radius 2 is 1.94 bits per heavy atom. The minimum Gasteiger partial charge on any atom is -0.493 e. The molecule has 0 spiro atoms. The Morgan fingerprint density at radius 3 is 2.66 bits per heavy atom. The number of methoxy groups -OCH3 is 1. The lowest BCUT2D eigenvalue weighted by molar-refractivity contribution is -0.130. The zero-order valence-corrected chi connectivity index (χ0v) is 19.1. The molecule has 4 rings (SSSR count). The number of hydrogen-bond acceptors (Lipinski definition) is 5. The summed E-state index contributed by atoms with van der Waals surface area (Å²) < 4.78 is 11.7. The molecule has 1 fully saturated rings. The minimum atomic E-state index is -0.0866. The topological polar surface area (TPSA) is 87.8 Å². The Morgan fingerprint density at radius 1 is 1.19 bits per heavy atom. The molecule has 0 atom stereocenters. The average Bonchev–Trinajstić information content (AvgIpc) is 3.21. The van der Waals surface area contributed by atoms with E-state index in [0.717, 1.165) is 31.4 Å². The molecule has 1 saturated heterocycles. The maximum atomic E-state index is 13.1. The van der Waals surface area contributed by atoms with Crippen LogP contribution in [0.1, 0.15) is 59.9 Å². The molecule has 8 heteroatoms. The van der Waals surface area contributed by atoms with Crippen LogP contribution in [-0.2, 0) is 24.2 Å². The van der Waals surface area contributed by atoms with E-state index in [-0.39, 0.29) is 17.9 Å². The average molecular weight is 441 g/mol. The summed E-state index contributed by atoms with van der Waals surface area (Å²) in [6.45, 7) is 3.42. The van der Waals surface area contributed by atoms with Gasteiger partial charge < -0.3 is 19.3 Å². The first-order chi connectivity index (χ1) is 15.5. The number of amides is 2. The Hall–Kier alpha value is -3.03. The molecule has 1 N–H and O–H groups in total. The highest BCUT2D eigenvalue weighted by atomic mass is 16.5. The number of carbonyl (C=O) groups excluding carboxylic acids is 2. The maximum absolute atomic E-state index is 13.1. The molecule has 2 heterocycles. The molecule has 2 amide bonds. The number of benzene rings is 1. The summed E-state index contributed by atoms with van der Waals surface area (Å²) in [5.41, 5.74) is 3.99. The van der Waals surface area contributed by atoms with Crippen molar-refractivity contribution >= 4 is 11.8 Å². The number of hydrogen-bond donors (Lipinski definition) is 1. The van der Waals surface area contributed by atoms with E-state index in [0.29, 0.717) is 36.7 Å². The number of aromatic amines is 1. The van der Waals surface area contributed by atoms with Gasteiger partial charge in [-0.3, -0.25) is 14.7 Å². The first kappa shape index (κ1) is 22.2. The summed E-state index contributed by atoms with van der Waals surface area (Å²) in [5, 5.41) is 7.60. The van der Waals surface area contributed by atoms with Gasteiger partial charge >= 0.3 is 0 Å². The van der Waals surface area contributed by atoms with Gasteiger partial charge in [0.15, 0.2) is 11.5 Å². The standard InChI is InChI=1S/C24H32N4O4/c1-16(29)28-12-10-18(11-13-28)32-23-14-17(8-9-22(23)31-3)24(30)27(2)15-21-19-6-4-5-7-20(19)25-26-21/h8-9,14,18H,4-7,10-13,15H2,1-3H3,(H,25,26). The predicted octanol–water partition coefficient (Wildman–Crippen LogP) is 2.96. The van der Waals surface area contributed by atoms with Crippen molar-refractivity contribution in [2.24, 2.45) is 0 Å². The number of nitrogens with one attached hydrogen (secondary N) is 1. The second-order valence-corrected chi connectivity index (χ2v) is 8.68. The van der Waals surface area contributed by atoms with Crippen LogP contribution in [0.25, 0.3) is 0 Å². The van der Waals surface area contributed by atoms with Gasteiger partial charge in [0.05, 0.1) is 19.3 Å². The van der Waals surface area contributed by atoms with Gasteiger partial charge in [-0.2, -0.15) is 5.10 Å². The molecular formula is C24H32N4O4. The third kappa shape index (κ3) is 4.74. The normalized spacial score (nSPS) is 16.4. The summed E-state index contributed by atoms with van der Waals surface area (Å²) in [4.78, 5) is 28.2. The van der Waals surface area contributed by atoms with Crippen molar-refractivity contribution in [3.63, 3.8) is 0 Å². The molecule has 0 bridgehead atoms. The summed E-state index contributed by atoms with van der Waals surface area (Å²) in [6, 6.07) is 5.30. The molecule has 0 saturated carbocycles. The van der Waals surface area contributed by atoms with Gasteiger partial charge in [-0.25, -0.2) is 0 Å². The van der Waals surface area contributed by atoms with E-state index < -0.39 is 0 Å². The molecule has 8 nitrogen and oxygen atoms in total. The molecular weight excluding hydrogens is 408 g/mol. The Labute approximate surface area is 188 Å². The Balaban J connectivity index is 1.44. The summed E-state index contributed by atoms with van der Waals surface area (Å²) in [5.74, 6) is 1.16. The first-order valence-corrected chi connectivity index (χ1v) is 11.4. The van der Waals surface area contributed by atoms with Gasteiger partial charge in [0.25, 0.3) is 5.91 Å². The third-order valence-corrected chi connectivity index (χ3v) is 6.47. The van der Waals surface area contributed by atoms with Crippen molar-refractivity contribution < 1.29 is 19.1 Å². The number of aryl methyl sites for hydroxylation is 1. The fraction of sp³-hybridized carbons (Fsp3) is 0.542. The first-order valence-electron chi connectivity index (χ1n) is 11.4. The Bertz CT molecular complexity index is 978. The smallest absolute Gasteiger partial charge is 0.254 e. The van der Waals surface area contributed by atoms with Crippen LogP contribution in [0.15, 0.2) is 18.2 Å². The number of aromatic nitrogens is 2. The van der Waals surface area contributed by atoms with Gasteiger partial charge in [0.1, 0.15) is 6.10 Å². The summed E-state index contributed by atoms with van der Waals surface area (Å²) >= 11 is 0. The van der Waals surface area contributed by atoms with Crippen LogP contribution in [0.4, 0.5) is 0 Å². The van der Waals surface area contributed by atoms with Crippen molar-refractivity contribution in [2.45, 2.75) is 58.1 Å². The second kappa shape index (κ2) is 9.63. The van der Waals surface area contributed by atoms with Gasteiger partial charge in [-0.15, -0.1) is 0 Å². The van der Waals surface area contributed by atoms with Gasteiger partial charge in [-0.1, -0.05) is 0 Å². The van der Waals surface area contributed by atoms with Crippen LogP contribution in [-0.4, -0.2) is 65.2 Å². The Kier molecular flexibility index (Phi) is 6.67. The van der Waals surface area contributed by atoms with Crippen LogP contribution >= 0.6 is 0 Å². The zero-order chi connectivity index (χ0) is 22.7. The highest BCUT2D eigenvalue weighted by molar-refractivity contribution is 5.94. The van der Waals surface area contributed by atoms with Gasteiger partial charge in [-0.05, 0) is 49.4 Å². The second-order valence-electron chi connectivity index (χ2n) is 8.68. The number of piperidine rings is 1. The highest BCUT2D eigenvalue weighted by Crippen LogP contribution is 2.31. The van der Waals surface area contributed by atoms with Crippen LogP contribution in [0, 0.1) is 0 Å². The van der Waals surface area contributed by atoms with Crippen LogP contribution < -0.4 is 9.47 Å². The minimum absolute atomic E-state index is 0.0156. The fourth-order valence-electron chi connectivity index (χ4n) is 4.57. The monoisotopic (exact) mass is 440 g/mol. The largest absolute Gasteiger partial charge is 0.493 e. The van der Waals surface area contributed by atoms with Crippen molar-refractivity contribution in [1.82, 2.24) is 20.0 Å². The van der Waals surface area contributed by atoms with Crippen molar-refractivity contribution in [3.8, 4) is 11.5 Å². The molecule has 0 radical (unpaired) electrons. The molecule has 1 aromatic carbocycles. The van der Waals surface area contributed by atoms with Crippen LogP contribution in [0.3, 0.4) is 0 Å². The number of fused-ring (bicyclic) bond motifs is 1. The molecule has 172 valence electrons. The molecule has 1 aliphatic heterocycles. The third-order valence-electron chi connectivity index (χ3n) is 6.47. The van der Waals surface area contributed by atoms with Crippen molar-refractivity contribution in [2.75, 3.05) is 27.2 Å². The van der Waals surface area contributed by atoms with Gasteiger partial charge in [0, 0.05) is 51.2 Å². The molecule has 2 aliphatic rings. The summed E-state index contributed by atoms with van der Waals surface area (Å²) in [7, 11) is 3.39. The van der Waals surface area contributed by atoms with Gasteiger partial charge in [0.2, 0.25) is 5.91 Å². The molecule has 1 aliphatic carbocycles. The molecule has 0 unspecified atom stereocenters. The number of nitrogens with zero attached hydrogens (tertiary/aromatic N) is 3. The van der Waals surface area contributed by atoms with Crippen molar-refractivity contribution in [3.05, 3.63) is 40.7 Å². The number of likely N-dealkylation sites (tertiary alicyclic amines) is 1. The maximum Gasteiger partial charge on any atom is 0.254 e. The zero-order valence-electron chi connectivity index (χ0n) is 19.1. The number of H-pyrrole nitrogens is 1. The lowest BCUT2D eigenvalue weighted by Crippen LogP contribution is -2.40. The number of ether oxygens (including phenoxy) is 2. The van der Waals surface area contributed by atoms with E-state index in [9.17, 15) is 9.59 Å². The van der Waals surface area contributed by atoms with Crippen LogP contribution in [0.2, 0.25) is 0 Å². The van der Waals surface area contributed by atoms with E-state index in [2.05, 4.69) is 10.2 Å². The number of carbonyl (C=O) groups is 2. The van der Waals surface area contributed by atoms with E-state index in [1.54, 1.807) is 44.2 Å². The molecule has 1 aromatic heterocycles. The van der Waals surface area contributed by atoms with Crippen LogP contribution in [0.5, 0.6) is 11.5 Å². The SMILES string of the molecule is COc1ccc(C(=O)N(C)Cc2n[nH]c3c2CCCC3)cc1OC1CCN(C(C)=O)CC1. The number of rotatable bonds is 6. The van der Waals surface area contributed by atoms with E-state index in [4.69, 9.17) is 9.47 Å². The lowest BCUT2D eigenvalue weighted by atomic mass is 9.96. The quantitative estimate of drug-likeness (QED) is 0.746. The highest BCUT2D eigenvalue weighted by Gasteiger charge is 2.24. The molecule has 32 heavy (non-hydrogen) atoms. The lowest BCUT2D eigenvalue weighted by Gasteiger charge is -2.31.